The van der Waals surface area contributed by atoms with Gasteiger partial charge in [0.2, 0.25) is 11.3 Å². The summed E-state index contributed by atoms with van der Waals surface area (Å²) in [6, 6.07) is 15.0. The molecule has 0 bridgehead atoms. The summed E-state index contributed by atoms with van der Waals surface area (Å²) in [6.45, 7) is 1.46. The normalized spacial score (nSPS) is 10.5. The molecule has 0 saturated carbocycles. The van der Waals surface area contributed by atoms with E-state index in [4.69, 9.17) is 16.3 Å². The van der Waals surface area contributed by atoms with Gasteiger partial charge in [-0.15, -0.1) is 0 Å². The number of benzene rings is 2. The second-order valence-electron chi connectivity index (χ2n) is 6.82. The van der Waals surface area contributed by atoms with E-state index in [1.165, 1.54) is 17.8 Å². The van der Waals surface area contributed by atoms with Crippen molar-refractivity contribution >= 4 is 29.1 Å². The van der Waals surface area contributed by atoms with Crippen molar-refractivity contribution in [2.75, 3.05) is 26.0 Å². The van der Waals surface area contributed by atoms with E-state index in [2.05, 4.69) is 10.4 Å². The number of nitrogens with one attached hydrogen (secondary N) is 1. The van der Waals surface area contributed by atoms with Gasteiger partial charge in [-0.1, -0.05) is 11.6 Å². The maximum Gasteiger partial charge on any atom is 0.278 e. The number of hydrogen-bond donors (Lipinski definition) is 1. The quantitative estimate of drug-likeness (QED) is 0.636. The minimum atomic E-state index is -0.655. The molecule has 31 heavy (non-hydrogen) atoms. The molecule has 1 N–H and O–H groups in total. The monoisotopic (exact) mass is 440 g/mol. The molecule has 0 aliphatic heterocycles. The summed E-state index contributed by atoms with van der Waals surface area (Å²) in [6.07, 6.45) is 0. The van der Waals surface area contributed by atoms with Crippen LogP contribution in [0.2, 0.25) is 5.02 Å². The fraction of sp³-hybridized carbons (Fsp3) is 0.182. The SMILES string of the molecule is COc1ccc(NC(=O)CN(C)C(=O)c2nn(-c3ccc(Cl)cc3)c(C)cc2=O)cc1. The van der Waals surface area contributed by atoms with Crippen LogP contribution >= 0.6 is 11.6 Å². The second-order valence-corrected chi connectivity index (χ2v) is 7.26. The number of amides is 2. The lowest BCUT2D eigenvalue weighted by atomic mass is 10.2. The molecule has 0 spiro atoms. The highest BCUT2D eigenvalue weighted by Crippen LogP contribution is 2.15. The molecular formula is C22H21ClN4O4. The standard InChI is InChI=1S/C22H21ClN4O4/c1-14-12-19(28)21(25-27(14)17-8-4-15(23)5-9-17)22(30)26(2)13-20(29)24-16-6-10-18(31-3)11-7-16/h4-12H,13H2,1-3H3,(H,24,29). The van der Waals surface area contributed by atoms with Gasteiger partial charge in [0.15, 0.2) is 5.69 Å². The molecule has 9 heteroatoms. The first kappa shape index (κ1) is 22.0. The zero-order valence-corrected chi connectivity index (χ0v) is 18.0. The lowest BCUT2D eigenvalue weighted by molar-refractivity contribution is -0.116. The van der Waals surface area contributed by atoms with Gasteiger partial charge < -0.3 is 15.0 Å². The number of rotatable bonds is 6. The van der Waals surface area contributed by atoms with Crippen LogP contribution < -0.4 is 15.5 Å². The third-order valence-corrected chi connectivity index (χ3v) is 4.73. The molecule has 2 aromatic carbocycles. The Bertz CT molecular complexity index is 1160. The number of methoxy groups -OCH3 is 1. The van der Waals surface area contributed by atoms with Crippen molar-refractivity contribution in [3.63, 3.8) is 0 Å². The first-order valence-electron chi connectivity index (χ1n) is 9.35. The number of hydrogen-bond acceptors (Lipinski definition) is 5. The maximum absolute atomic E-state index is 12.8. The molecule has 0 unspecified atom stereocenters. The summed E-state index contributed by atoms with van der Waals surface area (Å²) in [7, 11) is 2.98. The van der Waals surface area contributed by atoms with Gasteiger partial charge in [-0.3, -0.25) is 14.4 Å². The van der Waals surface area contributed by atoms with E-state index in [0.717, 1.165) is 4.90 Å². The van der Waals surface area contributed by atoms with Crippen LogP contribution in [0.5, 0.6) is 5.75 Å². The van der Waals surface area contributed by atoms with Crippen molar-refractivity contribution in [1.29, 1.82) is 0 Å². The summed E-state index contributed by atoms with van der Waals surface area (Å²) in [5.41, 5.74) is 0.972. The second kappa shape index (κ2) is 9.44. The van der Waals surface area contributed by atoms with Crippen LogP contribution in [0.15, 0.2) is 59.4 Å². The van der Waals surface area contributed by atoms with E-state index < -0.39 is 17.2 Å². The van der Waals surface area contributed by atoms with Crippen molar-refractivity contribution in [2.24, 2.45) is 0 Å². The number of ether oxygens (including phenoxy) is 1. The number of nitrogens with zero attached hydrogens (tertiary/aromatic N) is 3. The minimum absolute atomic E-state index is 0.249. The Balaban J connectivity index is 1.76. The van der Waals surface area contributed by atoms with Crippen LogP contribution in [0, 0.1) is 6.92 Å². The molecule has 0 saturated heterocycles. The van der Waals surface area contributed by atoms with E-state index >= 15 is 0 Å². The third kappa shape index (κ3) is 5.29. The number of carbonyl (C=O) groups is 2. The van der Waals surface area contributed by atoms with Crippen molar-refractivity contribution in [1.82, 2.24) is 14.7 Å². The Morgan fingerprint density at radius 2 is 1.77 bits per heavy atom. The van der Waals surface area contributed by atoms with Crippen LogP contribution in [-0.4, -0.2) is 47.2 Å². The molecule has 8 nitrogen and oxygen atoms in total. The number of likely N-dealkylation sites (N-methyl/N-ethyl adjacent to an activating group) is 1. The van der Waals surface area contributed by atoms with E-state index in [0.29, 0.717) is 27.8 Å². The molecule has 2 amide bonds. The molecule has 0 radical (unpaired) electrons. The van der Waals surface area contributed by atoms with Crippen LogP contribution in [0.4, 0.5) is 5.69 Å². The number of halogens is 1. The molecule has 0 fully saturated rings. The summed E-state index contributed by atoms with van der Waals surface area (Å²) in [5, 5.41) is 7.48. The molecule has 0 atom stereocenters. The van der Waals surface area contributed by atoms with Gasteiger partial charge in [-0.2, -0.15) is 5.10 Å². The van der Waals surface area contributed by atoms with Crippen molar-refractivity contribution < 1.29 is 14.3 Å². The average Bonchev–Trinajstić information content (AvgIpc) is 2.74. The molecule has 1 aromatic heterocycles. The molecule has 160 valence electrons. The summed E-state index contributed by atoms with van der Waals surface area (Å²) in [5.74, 6) is -0.406. The first-order valence-corrected chi connectivity index (χ1v) is 9.72. The van der Waals surface area contributed by atoms with Gasteiger partial charge in [0, 0.05) is 29.5 Å². The molecular weight excluding hydrogens is 420 g/mol. The summed E-state index contributed by atoms with van der Waals surface area (Å²) >= 11 is 5.92. The predicted molar refractivity (Wildman–Crippen MR) is 118 cm³/mol. The average molecular weight is 441 g/mol. The topological polar surface area (TPSA) is 93.5 Å². The summed E-state index contributed by atoms with van der Waals surface area (Å²) < 4.78 is 6.56. The Morgan fingerprint density at radius 3 is 2.39 bits per heavy atom. The third-order valence-electron chi connectivity index (χ3n) is 4.48. The maximum atomic E-state index is 12.8. The van der Waals surface area contributed by atoms with E-state index in [9.17, 15) is 14.4 Å². The Morgan fingerprint density at radius 1 is 1.13 bits per heavy atom. The Hall–Kier alpha value is -3.65. The minimum Gasteiger partial charge on any atom is -0.497 e. The molecule has 1 heterocycles. The molecule has 0 aliphatic carbocycles. The first-order chi connectivity index (χ1) is 14.8. The van der Waals surface area contributed by atoms with Gasteiger partial charge in [0.1, 0.15) is 5.75 Å². The number of aromatic nitrogens is 2. The summed E-state index contributed by atoms with van der Waals surface area (Å²) in [4.78, 5) is 38.7. The van der Waals surface area contributed by atoms with Crippen molar-refractivity contribution in [2.45, 2.75) is 6.92 Å². The number of anilines is 1. The fourth-order valence-corrected chi connectivity index (χ4v) is 3.01. The van der Waals surface area contributed by atoms with Gasteiger partial charge in [0.25, 0.3) is 5.91 Å². The van der Waals surface area contributed by atoms with Crippen LogP contribution in [-0.2, 0) is 4.79 Å². The van der Waals surface area contributed by atoms with Gasteiger partial charge >= 0.3 is 0 Å². The Kier molecular flexibility index (Phi) is 6.71. The smallest absolute Gasteiger partial charge is 0.278 e. The number of carbonyl (C=O) groups excluding carboxylic acids is 2. The van der Waals surface area contributed by atoms with Crippen molar-refractivity contribution in [3.8, 4) is 11.4 Å². The zero-order valence-electron chi connectivity index (χ0n) is 17.3. The lowest BCUT2D eigenvalue weighted by Gasteiger charge is -2.17. The van der Waals surface area contributed by atoms with Gasteiger partial charge in [-0.05, 0) is 55.5 Å². The highest BCUT2D eigenvalue weighted by Gasteiger charge is 2.21. The van der Waals surface area contributed by atoms with E-state index in [1.807, 2.05) is 0 Å². The van der Waals surface area contributed by atoms with E-state index in [1.54, 1.807) is 62.6 Å². The molecule has 3 aromatic rings. The highest BCUT2D eigenvalue weighted by atomic mass is 35.5. The van der Waals surface area contributed by atoms with Crippen molar-refractivity contribution in [3.05, 3.63) is 81.2 Å². The van der Waals surface area contributed by atoms with E-state index in [-0.39, 0.29) is 12.2 Å². The van der Waals surface area contributed by atoms with Crippen LogP contribution in [0.25, 0.3) is 5.69 Å². The van der Waals surface area contributed by atoms with Crippen LogP contribution in [0.3, 0.4) is 0 Å². The zero-order chi connectivity index (χ0) is 22.5. The largest absolute Gasteiger partial charge is 0.497 e. The predicted octanol–water partition coefficient (Wildman–Crippen LogP) is 2.91. The highest BCUT2D eigenvalue weighted by molar-refractivity contribution is 6.30. The Labute approximate surface area is 184 Å². The van der Waals surface area contributed by atoms with Gasteiger partial charge in [0.05, 0.1) is 19.3 Å². The molecule has 3 rings (SSSR count). The van der Waals surface area contributed by atoms with Crippen LogP contribution in [0.1, 0.15) is 16.2 Å². The fourth-order valence-electron chi connectivity index (χ4n) is 2.88. The van der Waals surface area contributed by atoms with Gasteiger partial charge in [-0.25, -0.2) is 4.68 Å². The lowest BCUT2D eigenvalue weighted by Crippen LogP contribution is -2.38. The number of aryl methyl sites for hydroxylation is 1. The molecule has 0 aliphatic rings.